The lowest BCUT2D eigenvalue weighted by atomic mass is 9.95. The summed E-state index contributed by atoms with van der Waals surface area (Å²) in [7, 11) is 0. The van der Waals surface area contributed by atoms with Crippen LogP contribution in [0.4, 0.5) is 0 Å². The number of benzene rings is 1. The van der Waals surface area contributed by atoms with Crippen molar-refractivity contribution in [2.45, 2.75) is 50.2 Å². The zero-order valence-electron chi connectivity index (χ0n) is 13.9. The number of nitrogens with zero attached hydrogens (tertiary/aromatic N) is 3. The number of carbonyl (C=O) groups is 1. The van der Waals surface area contributed by atoms with E-state index in [2.05, 4.69) is 15.5 Å². The van der Waals surface area contributed by atoms with Crippen molar-refractivity contribution in [3.8, 4) is 11.4 Å². The van der Waals surface area contributed by atoms with Gasteiger partial charge in [0.15, 0.2) is 5.82 Å². The molecule has 24 heavy (non-hydrogen) atoms. The normalized spacial score (nSPS) is 15.4. The lowest BCUT2D eigenvalue weighted by Crippen LogP contribution is -2.37. The number of aromatic nitrogens is 3. The number of aryl methyl sites for hydroxylation is 1. The lowest BCUT2D eigenvalue weighted by Gasteiger charge is -2.22. The predicted molar refractivity (Wildman–Crippen MR) is 96.1 cm³/mol. The summed E-state index contributed by atoms with van der Waals surface area (Å²) in [5.74, 6) is 7.04. The zero-order chi connectivity index (χ0) is 16.9. The maximum Gasteiger partial charge on any atom is 0.230 e. The summed E-state index contributed by atoms with van der Waals surface area (Å²) >= 11 is 1.32. The fourth-order valence-corrected chi connectivity index (χ4v) is 3.67. The third-order valence-electron chi connectivity index (χ3n) is 4.24. The SMILES string of the molecule is Cc1cccc(-c2nnc(SCC(=O)NC3CCCCC3)n2N)c1. The predicted octanol–water partition coefficient (Wildman–Crippen LogP) is 2.51. The zero-order valence-corrected chi connectivity index (χ0v) is 14.7. The van der Waals surface area contributed by atoms with Crippen molar-refractivity contribution in [1.29, 1.82) is 0 Å². The van der Waals surface area contributed by atoms with Gasteiger partial charge >= 0.3 is 0 Å². The molecule has 0 bridgehead atoms. The first-order valence-corrected chi connectivity index (χ1v) is 9.32. The van der Waals surface area contributed by atoms with E-state index < -0.39 is 0 Å². The molecule has 0 atom stereocenters. The van der Waals surface area contributed by atoms with Crippen molar-refractivity contribution in [3.05, 3.63) is 29.8 Å². The van der Waals surface area contributed by atoms with Gasteiger partial charge in [0.05, 0.1) is 5.75 Å². The topological polar surface area (TPSA) is 85.8 Å². The molecule has 1 aliphatic rings. The van der Waals surface area contributed by atoms with Crippen LogP contribution in [-0.4, -0.2) is 32.6 Å². The molecule has 1 aromatic heterocycles. The molecule has 2 aromatic rings. The molecule has 1 aromatic carbocycles. The summed E-state index contributed by atoms with van der Waals surface area (Å²) in [6.45, 7) is 2.02. The largest absolute Gasteiger partial charge is 0.353 e. The molecule has 1 aliphatic carbocycles. The van der Waals surface area contributed by atoms with Crippen LogP contribution in [0.3, 0.4) is 0 Å². The summed E-state index contributed by atoms with van der Waals surface area (Å²) in [6, 6.07) is 8.27. The molecular weight excluding hydrogens is 322 g/mol. The van der Waals surface area contributed by atoms with E-state index in [1.54, 1.807) is 0 Å². The number of hydrogen-bond donors (Lipinski definition) is 2. The number of hydrogen-bond acceptors (Lipinski definition) is 5. The molecule has 128 valence electrons. The molecule has 3 N–H and O–H groups in total. The summed E-state index contributed by atoms with van der Waals surface area (Å²) in [4.78, 5) is 12.1. The Labute approximate surface area is 146 Å². The van der Waals surface area contributed by atoms with Crippen LogP contribution in [0.25, 0.3) is 11.4 Å². The Balaban J connectivity index is 1.59. The van der Waals surface area contributed by atoms with Crippen molar-refractivity contribution in [3.63, 3.8) is 0 Å². The van der Waals surface area contributed by atoms with Gasteiger partial charge in [0.25, 0.3) is 0 Å². The monoisotopic (exact) mass is 345 g/mol. The van der Waals surface area contributed by atoms with E-state index >= 15 is 0 Å². The molecule has 0 unspecified atom stereocenters. The Bertz CT molecular complexity index is 709. The highest BCUT2D eigenvalue weighted by atomic mass is 32.2. The fraction of sp³-hybridized carbons (Fsp3) is 0.471. The molecule has 1 heterocycles. The van der Waals surface area contributed by atoms with Crippen LogP contribution in [0.15, 0.2) is 29.4 Å². The summed E-state index contributed by atoms with van der Waals surface area (Å²) < 4.78 is 1.45. The molecule has 1 saturated carbocycles. The van der Waals surface area contributed by atoms with Crippen LogP contribution in [0.5, 0.6) is 0 Å². The Hall–Kier alpha value is -2.02. The van der Waals surface area contributed by atoms with Crippen molar-refractivity contribution in [2.24, 2.45) is 0 Å². The van der Waals surface area contributed by atoms with Gasteiger partial charge in [-0.05, 0) is 25.8 Å². The molecule has 6 nitrogen and oxygen atoms in total. The maximum atomic E-state index is 12.1. The molecule has 0 spiro atoms. The average molecular weight is 345 g/mol. The number of carbonyl (C=O) groups excluding carboxylic acids is 1. The summed E-state index contributed by atoms with van der Waals surface area (Å²) in [5.41, 5.74) is 2.06. The minimum atomic E-state index is 0.0343. The first-order chi connectivity index (χ1) is 11.6. The van der Waals surface area contributed by atoms with Gasteiger partial charge < -0.3 is 11.2 Å². The van der Waals surface area contributed by atoms with Crippen LogP contribution < -0.4 is 11.2 Å². The van der Waals surface area contributed by atoms with Crippen molar-refractivity contribution < 1.29 is 4.79 Å². The van der Waals surface area contributed by atoms with E-state index in [1.165, 1.54) is 35.7 Å². The molecule has 1 amide bonds. The minimum absolute atomic E-state index is 0.0343. The van der Waals surface area contributed by atoms with Gasteiger partial charge in [-0.1, -0.05) is 54.8 Å². The van der Waals surface area contributed by atoms with Gasteiger partial charge in [-0.2, -0.15) is 0 Å². The van der Waals surface area contributed by atoms with Crippen LogP contribution in [-0.2, 0) is 4.79 Å². The third kappa shape index (κ3) is 4.08. The van der Waals surface area contributed by atoms with E-state index in [-0.39, 0.29) is 5.91 Å². The van der Waals surface area contributed by atoms with E-state index in [0.29, 0.717) is 22.8 Å². The van der Waals surface area contributed by atoms with E-state index in [1.807, 2.05) is 31.2 Å². The molecule has 0 saturated heterocycles. The standard InChI is InChI=1S/C17H23N5OS/c1-12-6-5-7-13(10-12)16-20-21-17(22(16)18)24-11-15(23)19-14-8-3-2-4-9-14/h5-7,10,14H,2-4,8-9,11,18H2,1H3,(H,19,23). The average Bonchev–Trinajstić information content (AvgIpc) is 2.95. The first kappa shape index (κ1) is 16.8. The van der Waals surface area contributed by atoms with E-state index in [9.17, 15) is 4.79 Å². The maximum absolute atomic E-state index is 12.1. The smallest absolute Gasteiger partial charge is 0.230 e. The number of nitrogens with two attached hydrogens (primary N) is 1. The Kier molecular flexibility index (Phi) is 5.40. The first-order valence-electron chi connectivity index (χ1n) is 8.33. The van der Waals surface area contributed by atoms with Crippen LogP contribution >= 0.6 is 11.8 Å². The van der Waals surface area contributed by atoms with Crippen LogP contribution in [0, 0.1) is 6.92 Å². The molecule has 0 aliphatic heterocycles. The quantitative estimate of drug-likeness (QED) is 0.642. The highest BCUT2D eigenvalue weighted by Gasteiger charge is 2.17. The molecule has 3 rings (SSSR count). The highest BCUT2D eigenvalue weighted by molar-refractivity contribution is 7.99. The number of thioether (sulfide) groups is 1. The fourth-order valence-electron chi connectivity index (χ4n) is 3.00. The summed E-state index contributed by atoms with van der Waals surface area (Å²) in [6.07, 6.45) is 5.85. The Morgan fingerprint density at radius 3 is 2.88 bits per heavy atom. The second-order valence-electron chi connectivity index (χ2n) is 6.24. The van der Waals surface area contributed by atoms with Crippen molar-refractivity contribution >= 4 is 17.7 Å². The Morgan fingerprint density at radius 2 is 2.12 bits per heavy atom. The van der Waals surface area contributed by atoms with Crippen molar-refractivity contribution in [2.75, 3.05) is 11.6 Å². The number of nitrogen functional groups attached to an aromatic ring is 1. The molecule has 7 heteroatoms. The van der Waals surface area contributed by atoms with Gasteiger partial charge in [0.1, 0.15) is 0 Å². The highest BCUT2D eigenvalue weighted by Crippen LogP contribution is 2.22. The van der Waals surface area contributed by atoms with Gasteiger partial charge in [0, 0.05) is 11.6 Å². The molecule has 1 fully saturated rings. The number of nitrogens with one attached hydrogen (secondary N) is 1. The molecule has 0 radical (unpaired) electrons. The Morgan fingerprint density at radius 1 is 1.33 bits per heavy atom. The van der Waals surface area contributed by atoms with Crippen LogP contribution in [0.1, 0.15) is 37.7 Å². The minimum Gasteiger partial charge on any atom is -0.353 e. The lowest BCUT2D eigenvalue weighted by molar-refractivity contribution is -0.119. The number of rotatable bonds is 5. The second-order valence-corrected chi connectivity index (χ2v) is 7.18. The van der Waals surface area contributed by atoms with Gasteiger partial charge in [0.2, 0.25) is 11.1 Å². The number of amides is 1. The third-order valence-corrected chi connectivity index (χ3v) is 5.19. The summed E-state index contributed by atoms with van der Waals surface area (Å²) in [5, 5.41) is 11.9. The second kappa shape index (κ2) is 7.70. The van der Waals surface area contributed by atoms with Gasteiger partial charge in [-0.25, -0.2) is 4.68 Å². The van der Waals surface area contributed by atoms with Crippen LogP contribution in [0.2, 0.25) is 0 Å². The van der Waals surface area contributed by atoms with Gasteiger partial charge in [-0.3, -0.25) is 4.79 Å². The van der Waals surface area contributed by atoms with E-state index in [0.717, 1.165) is 24.0 Å². The molecular formula is C17H23N5OS. The van der Waals surface area contributed by atoms with Gasteiger partial charge in [-0.15, -0.1) is 10.2 Å². The van der Waals surface area contributed by atoms with Crippen molar-refractivity contribution in [1.82, 2.24) is 20.2 Å². The van der Waals surface area contributed by atoms with E-state index in [4.69, 9.17) is 5.84 Å².